The molecule has 0 unspecified atom stereocenters. The molecule has 1 aromatic carbocycles. The van der Waals surface area contributed by atoms with E-state index in [-0.39, 0.29) is 5.54 Å². The lowest BCUT2D eigenvalue weighted by atomic mass is 10.0. The number of rotatable bonds is 1. The van der Waals surface area contributed by atoms with Crippen molar-refractivity contribution in [1.29, 1.82) is 0 Å². The van der Waals surface area contributed by atoms with Crippen LogP contribution in [0.2, 0.25) is 0 Å². The highest BCUT2D eigenvalue weighted by molar-refractivity contribution is 5.83. The number of para-hydroxylation sites is 1. The standard InChI is InChI=1S/C13H17NO2/c1-13(2,3)14-10-7-5-4-6-9(10)8-11(14)12(15)16/h4-7,11H,8H2,1-3H3,(H,15,16)/t11-/m0/s1. The summed E-state index contributed by atoms with van der Waals surface area (Å²) < 4.78 is 0. The molecular formula is C13H17NO2. The van der Waals surface area contributed by atoms with Gasteiger partial charge in [0.1, 0.15) is 6.04 Å². The van der Waals surface area contributed by atoms with E-state index in [1.165, 1.54) is 0 Å². The summed E-state index contributed by atoms with van der Waals surface area (Å²) in [6, 6.07) is 7.50. The Balaban J connectivity index is 2.48. The molecule has 1 atom stereocenters. The molecule has 0 aliphatic carbocycles. The second-order valence-electron chi connectivity index (χ2n) is 5.23. The van der Waals surface area contributed by atoms with Crippen molar-refractivity contribution in [1.82, 2.24) is 0 Å². The third-order valence-electron chi connectivity index (χ3n) is 2.98. The van der Waals surface area contributed by atoms with Crippen molar-refractivity contribution >= 4 is 11.7 Å². The first-order chi connectivity index (χ1) is 7.41. The summed E-state index contributed by atoms with van der Waals surface area (Å²) in [5.41, 5.74) is 2.02. The van der Waals surface area contributed by atoms with E-state index in [9.17, 15) is 9.90 Å². The molecule has 0 radical (unpaired) electrons. The van der Waals surface area contributed by atoms with E-state index in [2.05, 4.69) is 0 Å². The van der Waals surface area contributed by atoms with E-state index in [1.807, 2.05) is 49.9 Å². The minimum absolute atomic E-state index is 0.171. The summed E-state index contributed by atoms with van der Waals surface area (Å²) in [5.74, 6) is -0.744. The number of hydrogen-bond donors (Lipinski definition) is 1. The molecule has 0 saturated heterocycles. The molecule has 1 aliphatic rings. The first-order valence-electron chi connectivity index (χ1n) is 5.51. The SMILES string of the molecule is CC(C)(C)N1c2ccccc2C[C@H]1C(=O)O. The van der Waals surface area contributed by atoms with Crippen LogP contribution in [0.5, 0.6) is 0 Å². The van der Waals surface area contributed by atoms with E-state index in [4.69, 9.17) is 0 Å². The van der Waals surface area contributed by atoms with Crippen LogP contribution in [0, 0.1) is 0 Å². The lowest BCUT2D eigenvalue weighted by Gasteiger charge is -2.37. The van der Waals surface area contributed by atoms with Gasteiger partial charge in [0.15, 0.2) is 0 Å². The molecule has 3 nitrogen and oxygen atoms in total. The van der Waals surface area contributed by atoms with Crippen LogP contribution in [0.4, 0.5) is 5.69 Å². The van der Waals surface area contributed by atoms with Gasteiger partial charge < -0.3 is 10.0 Å². The van der Waals surface area contributed by atoms with Crippen LogP contribution < -0.4 is 4.90 Å². The van der Waals surface area contributed by atoms with Crippen LogP contribution in [-0.4, -0.2) is 22.7 Å². The summed E-state index contributed by atoms with van der Waals surface area (Å²) in [7, 11) is 0. The van der Waals surface area contributed by atoms with Gasteiger partial charge in [-0.1, -0.05) is 18.2 Å². The Hall–Kier alpha value is -1.51. The highest BCUT2D eigenvalue weighted by Gasteiger charge is 2.39. The van der Waals surface area contributed by atoms with Crippen molar-refractivity contribution in [3.8, 4) is 0 Å². The topological polar surface area (TPSA) is 40.5 Å². The predicted octanol–water partition coefficient (Wildman–Crippen LogP) is 2.30. The maximum absolute atomic E-state index is 11.3. The lowest BCUT2D eigenvalue weighted by Crippen LogP contribution is -2.49. The molecule has 0 aromatic heterocycles. The zero-order valence-corrected chi connectivity index (χ0v) is 9.90. The van der Waals surface area contributed by atoms with E-state index >= 15 is 0 Å². The number of fused-ring (bicyclic) bond motifs is 1. The molecule has 1 N–H and O–H groups in total. The number of anilines is 1. The molecule has 1 aliphatic heterocycles. The van der Waals surface area contributed by atoms with Gasteiger partial charge in [0.05, 0.1) is 0 Å². The van der Waals surface area contributed by atoms with Crippen molar-refractivity contribution in [3.05, 3.63) is 29.8 Å². The van der Waals surface area contributed by atoms with Crippen LogP contribution in [0.25, 0.3) is 0 Å². The summed E-state index contributed by atoms with van der Waals surface area (Å²) in [6.07, 6.45) is 0.600. The molecule has 0 fully saturated rings. The first kappa shape index (κ1) is 11.0. The van der Waals surface area contributed by atoms with Gasteiger partial charge >= 0.3 is 5.97 Å². The normalized spacial score (nSPS) is 19.7. The smallest absolute Gasteiger partial charge is 0.326 e. The number of hydrogen-bond acceptors (Lipinski definition) is 2. The molecule has 86 valence electrons. The predicted molar refractivity (Wildman–Crippen MR) is 63.8 cm³/mol. The molecule has 1 aromatic rings. The number of benzene rings is 1. The number of carboxylic acid groups (broad SMARTS) is 1. The Labute approximate surface area is 95.7 Å². The number of carboxylic acids is 1. The molecule has 3 heteroatoms. The molecule has 0 bridgehead atoms. The third kappa shape index (κ3) is 1.66. The fourth-order valence-electron chi connectivity index (χ4n) is 2.41. The Bertz CT molecular complexity index is 420. The first-order valence-corrected chi connectivity index (χ1v) is 5.51. The van der Waals surface area contributed by atoms with Crippen molar-refractivity contribution in [2.75, 3.05) is 4.90 Å². The largest absolute Gasteiger partial charge is 0.480 e. The van der Waals surface area contributed by atoms with Gasteiger partial charge in [0.25, 0.3) is 0 Å². The Morgan fingerprint density at radius 3 is 2.56 bits per heavy atom. The van der Waals surface area contributed by atoms with Crippen LogP contribution in [-0.2, 0) is 11.2 Å². The summed E-state index contributed by atoms with van der Waals surface area (Å²) >= 11 is 0. The monoisotopic (exact) mass is 219 g/mol. The number of carbonyl (C=O) groups is 1. The molecule has 1 heterocycles. The molecule has 16 heavy (non-hydrogen) atoms. The zero-order valence-electron chi connectivity index (χ0n) is 9.90. The Morgan fingerprint density at radius 2 is 2.00 bits per heavy atom. The van der Waals surface area contributed by atoms with Gasteiger partial charge in [-0.25, -0.2) is 4.79 Å². The summed E-state index contributed by atoms with van der Waals surface area (Å²) in [4.78, 5) is 13.3. The van der Waals surface area contributed by atoms with E-state index in [1.54, 1.807) is 0 Å². The average molecular weight is 219 g/mol. The van der Waals surface area contributed by atoms with E-state index < -0.39 is 12.0 Å². The van der Waals surface area contributed by atoms with Gasteiger partial charge in [-0.2, -0.15) is 0 Å². The van der Waals surface area contributed by atoms with Gasteiger partial charge in [0, 0.05) is 17.6 Å². The highest BCUT2D eigenvalue weighted by Crippen LogP contribution is 2.37. The minimum atomic E-state index is -0.744. The van der Waals surface area contributed by atoms with Crippen molar-refractivity contribution in [2.45, 2.75) is 38.8 Å². The van der Waals surface area contributed by atoms with Gasteiger partial charge in [-0.15, -0.1) is 0 Å². The average Bonchev–Trinajstić information content (AvgIpc) is 2.55. The maximum atomic E-state index is 11.3. The fourth-order valence-corrected chi connectivity index (χ4v) is 2.41. The molecular weight excluding hydrogens is 202 g/mol. The zero-order chi connectivity index (χ0) is 11.9. The molecule has 0 saturated carbocycles. The van der Waals surface area contributed by atoms with Crippen molar-refractivity contribution in [2.24, 2.45) is 0 Å². The second kappa shape index (κ2) is 3.51. The van der Waals surface area contributed by atoms with Crippen LogP contribution >= 0.6 is 0 Å². The summed E-state index contributed by atoms with van der Waals surface area (Å²) in [5, 5.41) is 9.28. The van der Waals surface area contributed by atoms with Crippen LogP contribution in [0.3, 0.4) is 0 Å². The van der Waals surface area contributed by atoms with E-state index in [0.29, 0.717) is 6.42 Å². The quantitative estimate of drug-likeness (QED) is 0.788. The van der Waals surface area contributed by atoms with Crippen molar-refractivity contribution in [3.63, 3.8) is 0 Å². The molecule has 0 amide bonds. The highest BCUT2D eigenvalue weighted by atomic mass is 16.4. The maximum Gasteiger partial charge on any atom is 0.326 e. The van der Waals surface area contributed by atoms with Crippen LogP contribution in [0.15, 0.2) is 24.3 Å². The van der Waals surface area contributed by atoms with E-state index in [0.717, 1.165) is 11.3 Å². The van der Waals surface area contributed by atoms with Gasteiger partial charge in [-0.3, -0.25) is 0 Å². The third-order valence-corrected chi connectivity index (χ3v) is 2.98. The molecule has 2 rings (SSSR count). The number of aliphatic carboxylic acids is 1. The number of nitrogens with zero attached hydrogens (tertiary/aromatic N) is 1. The van der Waals surface area contributed by atoms with Gasteiger partial charge in [0.2, 0.25) is 0 Å². The summed E-state index contributed by atoms with van der Waals surface area (Å²) in [6.45, 7) is 6.14. The minimum Gasteiger partial charge on any atom is -0.480 e. The van der Waals surface area contributed by atoms with Crippen LogP contribution in [0.1, 0.15) is 26.3 Å². The Kier molecular flexibility index (Phi) is 2.41. The second-order valence-corrected chi connectivity index (χ2v) is 5.23. The van der Waals surface area contributed by atoms with Gasteiger partial charge in [-0.05, 0) is 32.4 Å². The van der Waals surface area contributed by atoms with Crippen molar-refractivity contribution < 1.29 is 9.90 Å². The lowest BCUT2D eigenvalue weighted by molar-refractivity contribution is -0.138. The molecule has 0 spiro atoms. The fraction of sp³-hybridized carbons (Fsp3) is 0.462. The Morgan fingerprint density at radius 1 is 1.38 bits per heavy atom.